The lowest BCUT2D eigenvalue weighted by atomic mass is 10.0. The zero-order valence-corrected chi connectivity index (χ0v) is 18.2. The van der Waals surface area contributed by atoms with Gasteiger partial charge in [0.25, 0.3) is 0 Å². The van der Waals surface area contributed by atoms with E-state index in [4.69, 9.17) is 9.47 Å². The first-order valence-electron chi connectivity index (χ1n) is 9.99. The van der Waals surface area contributed by atoms with Crippen LogP contribution in [0.5, 0.6) is 0 Å². The minimum atomic E-state index is -0.867. The smallest absolute Gasteiger partial charge is 0.338 e. The number of hydrogen-bond donors (Lipinski definition) is 1. The molecule has 6 nitrogen and oxygen atoms in total. The molecule has 2 aliphatic heterocycles. The number of thioether (sulfide) groups is 1. The maximum Gasteiger partial charge on any atom is 0.338 e. The van der Waals surface area contributed by atoms with Crippen molar-refractivity contribution in [1.82, 2.24) is 9.80 Å². The molecule has 0 saturated carbocycles. The number of morpholine rings is 1. The van der Waals surface area contributed by atoms with Gasteiger partial charge < -0.3 is 19.5 Å². The zero-order chi connectivity index (χ0) is 20.8. The SMILES string of the molecule is CCSC1=C(C(=O)O)C(C)=CC(N2CCOCC2)N1Cc1cccc(COC)c1. The molecule has 0 spiro atoms. The van der Waals surface area contributed by atoms with Crippen LogP contribution in [0.25, 0.3) is 0 Å². The van der Waals surface area contributed by atoms with Gasteiger partial charge in [0.1, 0.15) is 6.17 Å². The van der Waals surface area contributed by atoms with E-state index in [0.29, 0.717) is 31.9 Å². The van der Waals surface area contributed by atoms with E-state index in [1.54, 1.807) is 18.9 Å². The van der Waals surface area contributed by atoms with E-state index in [0.717, 1.165) is 40.6 Å². The van der Waals surface area contributed by atoms with E-state index in [9.17, 15) is 9.90 Å². The molecule has 1 unspecified atom stereocenters. The van der Waals surface area contributed by atoms with Crippen molar-refractivity contribution in [2.75, 3.05) is 39.2 Å². The Hall–Kier alpha value is -1.80. The van der Waals surface area contributed by atoms with Crippen LogP contribution < -0.4 is 0 Å². The summed E-state index contributed by atoms with van der Waals surface area (Å²) in [6, 6.07) is 8.31. The third kappa shape index (κ3) is 5.22. The average Bonchev–Trinajstić information content (AvgIpc) is 2.71. The maximum atomic E-state index is 12.1. The number of benzene rings is 1. The normalized spacial score (nSPS) is 20.7. The van der Waals surface area contributed by atoms with E-state index in [1.807, 2.05) is 19.1 Å². The molecule has 29 heavy (non-hydrogen) atoms. The molecule has 2 heterocycles. The largest absolute Gasteiger partial charge is 0.478 e. The lowest BCUT2D eigenvalue weighted by molar-refractivity contribution is -0.132. The van der Waals surface area contributed by atoms with Gasteiger partial charge >= 0.3 is 5.97 Å². The van der Waals surface area contributed by atoms with Crippen LogP contribution >= 0.6 is 11.8 Å². The molecule has 7 heteroatoms. The fourth-order valence-corrected chi connectivity index (χ4v) is 4.88. The van der Waals surface area contributed by atoms with Gasteiger partial charge in [-0.3, -0.25) is 4.90 Å². The highest BCUT2D eigenvalue weighted by atomic mass is 32.2. The van der Waals surface area contributed by atoms with E-state index in [-0.39, 0.29) is 6.17 Å². The number of carboxylic acids is 1. The number of hydrogen-bond acceptors (Lipinski definition) is 6. The highest BCUT2D eigenvalue weighted by Crippen LogP contribution is 2.37. The standard InChI is InChI=1S/C22H30N2O4S/c1-4-29-21-20(22(25)26)16(2)12-19(23-8-10-28-11-9-23)24(21)14-17-6-5-7-18(13-17)15-27-3/h5-7,12-13,19H,4,8-11,14-15H2,1-3H3,(H,25,26). The Morgan fingerprint density at radius 2 is 2.03 bits per heavy atom. The van der Waals surface area contributed by atoms with Crippen LogP contribution in [0.1, 0.15) is 25.0 Å². The summed E-state index contributed by atoms with van der Waals surface area (Å²) in [4.78, 5) is 16.7. The fourth-order valence-electron chi connectivity index (χ4n) is 3.87. The Morgan fingerprint density at radius 1 is 1.31 bits per heavy atom. The molecule has 1 aromatic rings. The van der Waals surface area contributed by atoms with Crippen LogP contribution in [0.2, 0.25) is 0 Å². The summed E-state index contributed by atoms with van der Waals surface area (Å²) in [7, 11) is 1.69. The Kier molecular flexibility index (Phi) is 7.77. The van der Waals surface area contributed by atoms with Gasteiger partial charge in [-0.1, -0.05) is 31.2 Å². The van der Waals surface area contributed by atoms with Gasteiger partial charge in [0.15, 0.2) is 0 Å². The minimum absolute atomic E-state index is 0.0159. The Morgan fingerprint density at radius 3 is 2.69 bits per heavy atom. The van der Waals surface area contributed by atoms with Crippen LogP contribution in [0.3, 0.4) is 0 Å². The monoisotopic (exact) mass is 418 g/mol. The topological polar surface area (TPSA) is 62.2 Å². The van der Waals surface area contributed by atoms with Crippen molar-refractivity contribution in [1.29, 1.82) is 0 Å². The van der Waals surface area contributed by atoms with Crippen molar-refractivity contribution < 1.29 is 19.4 Å². The van der Waals surface area contributed by atoms with Crippen LogP contribution in [0, 0.1) is 0 Å². The molecule has 0 aliphatic carbocycles. The Balaban J connectivity index is 1.99. The summed E-state index contributed by atoms with van der Waals surface area (Å²) >= 11 is 1.60. The summed E-state index contributed by atoms with van der Waals surface area (Å²) in [5.41, 5.74) is 3.50. The van der Waals surface area contributed by atoms with Gasteiger partial charge in [0.2, 0.25) is 0 Å². The first-order valence-corrected chi connectivity index (χ1v) is 11.0. The summed E-state index contributed by atoms with van der Waals surface area (Å²) < 4.78 is 10.8. The third-order valence-corrected chi connectivity index (χ3v) is 6.16. The molecule has 2 aliphatic rings. The van der Waals surface area contributed by atoms with Gasteiger partial charge in [-0.05, 0) is 35.5 Å². The second-order valence-electron chi connectivity index (χ2n) is 7.21. The molecule has 1 aromatic carbocycles. The number of nitrogens with zero attached hydrogens (tertiary/aromatic N) is 2. The van der Waals surface area contributed by atoms with Crippen LogP contribution in [-0.4, -0.2) is 66.2 Å². The molecule has 0 bridgehead atoms. The summed E-state index contributed by atoms with van der Waals surface area (Å²) in [6.07, 6.45) is 2.11. The number of rotatable bonds is 8. The molecule has 3 rings (SSSR count). The predicted molar refractivity (Wildman–Crippen MR) is 115 cm³/mol. The fraction of sp³-hybridized carbons (Fsp3) is 0.500. The van der Waals surface area contributed by atoms with E-state index in [2.05, 4.69) is 34.9 Å². The molecule has 1 saturated heterocycles. The summed E-state index contributed by atoms with van der Waals surface area (Å²) in [6.45, 7) is 8.24. The summed E-state index contributed by atoms with van der Waals surface area (Å²) in [5, 5.41) is 10.8. The van der Waals surface area contributed by atoms with Crippen LogP contribution in [0.4, 0.5) is 0 Å². The van der Waals surface area contributed by atoms with Crippen LogP contribution in [0.15, 0.2) is 46.5 Å². The van der Waals surface area contributed by atoms with Crippen molar-refractivity contribution in [3.63, 3.8) is 0 Å². The van der Waals surface area contributed by atoms with Crippen molar-refractivity contribution in [3.8, 4) is 0 Å². The van der Waals surface area contributed by atoms with E-state index >= 15 is 0 Å². The van der Waals surface area contributed by atoms with Crippen molar-refractivity contribution in [2.45, 2.75) is 33.2 Å². The predicted octanol–water partition coefficient (Wildman–Crippen LogP) is 3.30. The highest BCUT2D eigenvalue weighted by molar-refractivity contribution is 8.03. The summed E-state index contributed by atoms with van der Waals surface area (Å²) in [5.74, 6) is -0.0524. The van der Waals surface area contributed by atoms with Gasteiger partial charge in [-0.25, -0.2) is 4.79 Å². The van der Waals surface area contributed by atoms with Crippen LogP contribution in [-0.2, 0) is 27.4 Å². The van der Waals surface area contributed by atoms with Crippen molar-refractivity contribution >= 4 is 17.7 Å². The second kappa shape index (κ2) is 10.3. The number of carbonyl (C=O) groups is 1. The zero-order valence-electron chi connectivity index (χ0n) is 17.4. The number of ether oxygens (including phenoxy) is 2. The number of aliphatic carboxylic acids is 1. The molecular weight excluding hydrogens is 388 g/mol. The average molecular weight is 419 g/mol. The minimum Gasteiger partial charge on any atom is -0.478 e. The molecule has 0 amide bonds. The molecule has 0 radical (unpaired) electrons. The molecular formula is C22H30N2O4S. The molecule has 0 aromatic heterocycles. The number of methoxy groups -OCH3 is 1. The molecule has 1 atom stereocenters. The lowest BCUT2D eigenvalue weighted by Crippen LogP contribution is -2.52. The first kappa shape index (κ1) is 21.9. The maximum absolute atomic E-state index is 12.1. The van der Waals surface area contributed by atoms with E-state index < -0.39 is 5.97 Å². The molecule has 1 N–H and O–H groups in total. The second-order valence-corrected chi connectivity index (χ2v) is 8.46. The number of carboxylic acid groups (broad SMARTS) is 1. The van der Waals surface area contributed by atoms with Crippen molar-refractivity contribution in [3.05, 3.63) is 57.6 Å². The van der Waals surface area contributed by atoms with Gasteiger partial charge in [-0.15, -0.1) is 11.8 Å². The first-order chi connectivity index (χ1) is 14.0. The molecule has 158 valence electrons. The van der Waals surface area contributed by atoms with E-state index in [1.165, 1.54) is 0 Å². The Bertz CT molecular complexity index is 787. The van der Waals surface area contributed by atoms with Gasteiger partial charge in [0, 0.05) is 26.7 Å². The lowest BCUT2D eigenvalue weighted by Gasteiger charge is -2.44. The third-order valence-electron chi connectivity index (χ3n) is 5.16. The Labute approximate surface area is 177 Å². The highest BCUT2D eigenvalue weighted by Gasteiger charge is 2.34. The molecule has 1 fully saturated rings. The van der Waals surface area contributed by atoms with Gasteiger partial charge in [0.05, 0.1) is 30.4 Å². The van der Waals surface area contributed by atoms with Gasteiger partial charge in [-0.2, -0.15) is 0 Å². The van der Waals surface area contributed by atoms with Crippen molar-refractivity contribution in [2.24, 2.45) is 0 Å². The quantitative estimate of drug-likeness (QED) is 0.695.